The number of carbonyl (C=O) groups excluding carboxylic acids is 1. The molecule has 0 radical (unpaired) electrons. The van der Waals surface area contributed by atoms with Crippen LogP contribution in [0.3, 0.4) is 0 Å². The third kappa shape index (κ3) is 3.16. The Kier molecular flexibility index (Phi) is 3.72. The average molecular weight is 302 g/mol. The zero-order valence-corrected chi connectivity index (χ0v) is 12.7. The number of sulfonamides is 1. The van der Waals surface area contributed by atoms with Gasteiger partial charge in [0.1, 0.15) is 0 Å². The molecule has 0 atom stereocenters. The molecule has 1 heterocycles. The maximum atomic E-state index is 12.0. The van der Waals surface area contributed by atoms with Crippen molar-refractivity contribution in [1.29, 1.82) is 0 Å². The van der Waals surface area contributed by atoms with Gasteiger partial charge in [0.25, 0.3) is 5.91 Å². The van der Waals surface area contributed by atoms with Crippen molar-refractivity contribution < 1.29 is 13.2 Å². The van der Waals surface area contributed by atoms with Crippen LogP contribution < -0.4 is 10.5 Å². The van der Waals surface area contributed by atoms with Crippen molar-refractivity contribution in [3.63, 3.8) is 0 Å². The average Bonchev–Trinajstić information content (AvgIpc) is 2.65. The monoisotopic (exact) mass is 302 g/mol. The first-order valence-electron chi connectivity index (χ1n) is 6.13. The third-order valence-electron chi connectivity index (χ3n) is 3.64. The molecule has 106 valence electrons. The summed E-state index contributed by atoms with van der Waals surface area (Å²) in [6.45, 7) is 4.42. The van der Waals surface area contributed by atoms with Crippen molar-refractivity contribution in [2.45, 2.75) is 38.0 Å². The van der Waals surface area contributed by atoms with Crippen LogP contribution in [0.25, 0.3) is 0 Å². The van der Waals surface area contributed by atoms with E-state index in [1.807, 2.05) is 0 Å². The number of hydrogen-bond donors (Lipinski definition) is 2. The smallest absolute Gasteiger partial charge is 0.261 e. The van der Waals surface area contributed by atoms with E-state index in [-0.39, 0.29) is 16.2 Å². The van der Waals surface area contributed by atoms with E-state index < -0.39 is 10.0 Å². The third-order valence-corrected chi connectivity index (χ3v) is 5.85. The fraction of sp³-hybridized carbons (Fsp3) is 0.583. The summed E-state index contributed by atoms with van der Waals surface area (Å²) in [4.78, 5) is 13.0. The van der Waals surface area contributed by atoms with Crippen molar-refractivity contribution >= 4 is 27.3 Å². The van der Waals surface area contributed by atoms with E-state index in [1.165, 1.54) is 12.5 Å². The minimum Gasteiger partial charge on any atom is -0.351 e. The molecule has 0 spiro atoms. The number of nitrogens with two attached hydrogens (primary N) is 1. The number of thiophene rings is 1. The van der Waals surface area contributed by atoms with Gasteiger partial charge in [-0.3, -0.25) is 4.79 Å². The lowest BCUT2D eigenvalue weighted by molar-refractivity contribution is 0.0894. The number of carbonyl (C=O) groups is 1. The van der Waals surface area contributed by atoms with Crippen molar-refractivity contribution in [3.05, 3.63) is 15.8 Å². The van der Waals surface area contributed by atoms with E-state index in [9.17, 15) is 13.2 Å². The van der Waals surface area contributed by atoms with E-state index in [1.54, 1.807) is 6.92 Å². The first-order valence-corrected chi connectivity index (χ1v) is 8.49. The van der Waals surface area contributed by atoms with Gasteiger partial charge in [-0.2, -0.15) is 0 Å². The maximum Gasteiger partial charge on any atom is 0.261 e. The van der Waals surface area contributed by atoms with E-state index >= 15 is 0 Å². The molecule has 7 heteroatoms. The van der Waals surface area contributed by atoms with Crippen LogP contribution in [0.4, 0.5) is 0 Å². The van der Waals surface area contributed by atoms with Crippen LogP contribution in [-0.2, 0) is 10.0 Å². The van der Waals surface area contributed by atoms with Crippen LogP contribution in [0, 0.1) is 12.3 Å². The molecule has 1 aromatic heterocycles. The topological polar surface area (TPSA) is 89.3 Å². The second kappa shape index (κ2) is 4.88. The van der Waals surface area contributed by atoms with Gasteiger partial charge < -0.3 is 5.32 Å². The zero-order chi connectivity index (χ0) is 14.3. The molecule has 1 aliphatic rings. The Balaban J connectivity index is 2.08. The van der Waals surface area contributed by atoms with Gasteiger partial charge in [0.2, 0.25) is 10.0 Å². The molecular formula is C12H18N2O3S2. The first-order chi connectivity index (χ1) is 8.71. The number of rotatable bonds is 4. The Labute approximate surface area is 117 Å². The van der Waals surface area contributed by atoms with Crippen LogP contribution in [0.2, 0.25) is 0 Å². The van der Waals surface area contributed by atoms with Crippen molar-refractivity contribution in [3.8, 4) is 0 Å². The van der Waals surface area contributed by atoms with Crippen LogP contribution >= 0.6 is 11.3 Å². The lowest BCUT2D eigenvalue weighted by atomic mass is 9.70. The van der Waals surface area contributed by atoms with Gasteiger partial charge in [-0.15, -0.1) is 11.3 Å². The molecule has 1 aromatic rings. The van der Waals surface area contributed by atoms with Crippen molar-refractivity contribution in [2.75, 3.05) is 6.54 Å². The number of aryl methyl sites for hydroxylation is 1. The second-order valence-corrected chi connectivity index (χ2v) is 8.21. The van der Waals surface area contributed by atoms with Gasteiger partial charge in [0.05, 0.1) is 9.77 Å². The zero-order valence-electron chi connectivity index (χ0n) is 11.0. The second-order valence-electron chi connectivity index (χ2n) is 5.42. The lowest BCUT2D eigenvalue weighted by Gasteiger charge is -2.38. The SMILES string of the molecule is Cc1sc(C(=O)NCC2(C)CCC2)cc1S(N)(=O)=O. The van der Waals surface area contributed by atoms with Crippen molar-refractivity contribution in [2.24, 2.45) is 10.6 Å². The molecular weight excluding hydrogens is 284 g/mol. The predicted octanol–water partition coefficient (Wildman–Crippen LogP) is 1.62. The number of primary sulfonamides is 1. The Morgan fingerprint density at radius 1 is 1.53 bits per heavy atom. The largest absolute Gasteiger partial charge is 0.351 e. The Morgan fingerprint density at radius 2 is 2.16 bits per heavy atom. The first kappa shape index (κ1) is 14.5. The molecule has 0 saturated heterocycles. The number of amides is 1. The molecule has 5 nitrogen and oxygen atoms in total. The Hall–Kier alpha value is -0.920. The van der Waals surface area contributed by atoms with Crippen LogP contribution in [0.15, 0.2) is 11.0 Å². The van der Waals surface area contributed by atoms with Crippen LogP contribution in [-0.4, -0.2) is 20.9 Å². The normalized spacial score (nSPS) is 17.8. The fourth-order valence-corrected chi connectivity index (χ4v) is 4.26. The van der Waals surface area contributed by atoms with E-state index in [0.717, 1.165) is 24.2 Å². The van der Waals surface area contributed by atoms with Crippen LogP contribution in [0.5, 0.6) is 0 Å². The van der Waals surface area contributed by atoms with Gasteiger partial charge >= 0.3 is 0 Å². The molecule has 1 aliphatic carbocycles. The molecule has 1 amide bonds. The minimum atomic E-state index is -3.75. The summed E-state index contributed by atoms with van der Waals surface area (Å²) >= 11 is 1.15. The number of nitrogens with one attached hydrogen (secondary N) is 1. The van der Waals surface area contributed by atoms with Gasteiger partial charge in [0, 0.05) is 11.4 Å². The quantitative estimate of drug-likeness (QED) is 0.885. The summed E-state index contributed by atoms with van der Waals surface area (Å²) in [5, 5.41) is 7.96. The van der Waals surface area contributed by atoms with Gasteiger partial charge in [-0.05, 0) is 31.2 Å². The maximum absolute atomic E-state index is 12.0. The molecule has 0 bridgehead atoms. The Bertz CT molecular complexity index is 600. The molecule has 1 fully saturated rings. The predicted molar refractivity (Wildman–Crippen MR) is 74.7 cm³/mol. The molecule has 0 unspecified atom stereocenters. The highest BCUT2D eigenvalue weighted by Crippen LogP contribution is 2.39. The number of hydrogen-bond acceptors (Lipinski definition) is 4. The van der Waals surface area contributed by atoms with E-state index in [0.29, 0.717) is 16.3 Å². The fourth-order valence-electron chi connectivity index (χ4n) is 2.20. The molecule has 0 aromatic carbocycles. The lowest BCUT2D eigenvalue weighted by Crippen LogP contribution is -2.39. The Morgan fingerprint density at radius 3 is 2.58 bits per heavy atom. The summed E-state index contributed by atoms with van der Waals surface area (Å²) in [5.74, 6) is -0.226. The van der Waals surface area contributed by atoms with Gasteiger partial charge in [-0.25, -0.2) is 13.6 Å². The van der Waals surface area contributed by atoms with Crippen LogP contribution in [0.1, 0.15) is 40.7 Å². The molecule has 3 N–H and O–H groups in total. The highest BCUT2D eigenvalue weighted by Gasteiger charge is 2.32. The highest BCUT2D eigenvalue weighted by molar-refractivity contribution is 7.89. The summed E-state index contributed by atoms with van der Waals surface area (Å²) in [7, 11) is -3.75. The summed E-state index contributed by atoms with van der Waals surface area (Å²) in [6, 6.07) is 1.35. The van der Waals surface area contributed by atoms with Gasteiger partial charge in [0.15, 0.2) is 0 Å². The molecule has 2 rings (SSSR count). The van der Waals surface area contributed by atoms with Gasteiger partial charge in [-0.1, -0.05) is 13.3 Å². The molecule has 19 heavy (non-hydrogen) atoms. The summed E-state index contributed by atoms with van der Waals surface area (Å²) in [5.41, 5.74) is 0.199. The highest BCUT2D eigenvalue weighted by atomic mass is 32.2. The minimum absolute atomic E-state index is 0.0394. The summed E-state index contributed by atoms with van der Waals surface area (Å²) in [6.07, 6.45) is 3.46. The van der Waals surface area contributed by atoms with E-state index in [4.69, 9.17) is 5.14 Å². The van der Waals surface area contributed by atoms with Crippen molar-refractivity contribution in [1.82, 2.24) is 5.32 Å². The molecule has 0 aliphatic heterocycles. The summed E-state index contributed by atoms with van der Waals surface area (Å²) < 4.78 is 22.6. The van der Waals surface area contributed by atoms with E-state index in [2.05, 4.69) is 12.2 Å². The molecule has 1 saturated carbocycles. The standard InChI is InChI=1S/C12H18N2O3S2/c1-8-10(19(13,16)17)6-9(18-8)11(15)14-7-12(2)4-3-5-12/h6H,3-5,7H2,1-2H3,(H,14,15)(H2,13,16,17).